The maximum Gasteiger partial charge on any atom is 0.155 e. The highest BCUT2D eigenvalue weighted by Gasteiger charge is 2.35. The van der Waals surface area contributed by atoms with Crippen LogP contribution in [-0.4, -0.2) is 35.3 Å². The van der Waals surface area contributed by atoms with Crippen molar-refractivity contribution >= 4 is 11.5 Å². The maximum absolute atomic E-state index is 5.97. The molecular weight excluding hydrogens is 216 g/mol. The zero-order valence-corrected chi connectivity index (χ0v) is 9.88. The Morgan fingerprint density at radius 2 is 2.24 bits per heavy atom. The number of aromatic nitrogens is 2. The molecular formula is C12H18N4O. The van der Waals surface area contributed by atoms with E-state index in [4.69, 9.17) is 10.5 Å². The highest BCUT2D eigenvalue weighted by Crippen LogP contribution is 2.32. The smallest absolute Gasteiger partial charge is 0.155 e. The van der Waals surface area contributed by atoms with Gasteiger partial charge in [-0.1, -0.05) is 12.8 Å². The fourth-order valence-corrected chi connectivity index (χ4v) is 2.93. The molecule has 0 spiro atoms. The lowest BCUT2D eigenvalue weighted by Crippen LogP contribution is -2.53. The van der Waals surface area contributed by atoms with Crippen molar-refractivity contribution in [3.63, 3.8) is 0 Å². The van der Waals surface area contributed by atoms with Crippen LogP contribution in [0.3, 0.4) is 0 Å². The average Bonchev–Trinajstić information content (AvgIpc) is 2.39. The van der Waals surface area contributed by atoms with Crippen molar-refractivity contribution in [2.45, 2.75) is 37.8 Å². The number of morpholine rings is 1. The van der Waals surface area contributed by atoms with E-state index >= 15 is 0 Å². The lowest BCUT2D eigenvalue weighted by molar-refractivity contribution is -0.00893. The highest BCUT2D eigenvalue weighted by atomic mass is 16.5. The van der Waals surface area contributed by atoms with E-state index in [-0.39, 0.29) is 0 Å². The van der Waals surface area contributed by atoms with E-state index in [0.717, 1.165) is 25.4 Å². The molecule has 0 radical (unpaired) electrons. The van der Waals surface area contributed by atoms with Gasteiger partial charge in [0.25, 0.3) is 0 Å². The Hall–Kier alpha value is -1.36. The molecule has 1 aromatic heterocycles. The normalized spacial score (nSPS) is 28.8. The minimum Gasteiger partial charge on any atom is -0.394 e. The third-order valence-corrected chi connectivity index (χ3v) is 3.72. The van der Waals surface area contributed by atoms with Gasteiger partial charge in [0.15, 0.2) is 5.82 Å². The molecule has 2 atom stereocenters. The number of anilines is 2. The number of hydrogen-bond acceptors (Lipinski definition) is 5. The molecule has 5 heteroatoms. The Bertz CT molecular complexity index is 396. The standard InChI is InChI=1S/C12H18N4O/c13-9-7-14-8-15-12(9)16-5-6-17-11-4-2-1-3-10(11)16/h7-8,10-11H,1-6,13H2. The Morgan fingerprint density at radius 1 is 1.35 bits per heavy atom. The van der Waals surface area contributed by atoms with Gasteiger partial charge in [0.1, 0.15) is 6.33 Å². The van der Waals surface area contributed by atoms with Crippen molar-refractivity contribution < 1.29 is 4.74 Å². The molecule has 1 aliphatic heterocycles. The molecule has 2 unspecified atom stereocenters. The molecule has 92 valence electrons. The number of nitrogens with zero attached hydrogens (tertiary/aromatic N) is 3. The van der Waals surface area contributed by atoms with Crippen LogP contribution in [0.1, 0.15) is 25.7 Å². The number of nitrogen functional groups attached to an aromatic ring is 1. The minimum atomic E-state index is 0.354. The minimum absolute atomic E-state index is 0.354. The van der Waals surface area contributed by atoms with Crippen LogP contribution in [0.4, 0.5) is 11.5 Å². The molecule has 1 aliphatic carbocycles. The van der Waals surface area contributed by atoms with Gasteiger partial charge in [-0.05, 0) is 12.8 Å². The van der Waals surface area contributed by atoms with Crippen LogP contribution in [0.5, 0.6) is 0 Å². The van der Waals surface area contributed by atoms with Crippen molar-refractivity contribution in [3.8, 4) is 0 Å². The molecule has 2 aliphatic rings. The lowest BCUT2D eigenvalue weighted by atomic mass is 9.90. The molecule has 5 nitrogen and oxygen atoms in total. The Kier molecular flexibility index (Phi) is 2.84. The molecule has 0 amide bonds. The molecule has 17 heavy (non-hydrogen) atoms. The Balaban J connectivity index is 1.88. The second-order valence-electron chi connectivity index (χ2n) is 4.76. The quantitative estimate of drug-likeness (QED) is 0.791. The van der Waals surface area contributed by atoms with Gasteiger partial charge in [-0.25, -0.2) is 9.97 Å². The predicted octanol–water partition coefficient (Wildman–Crippen LogP) is 1.21. The van der Waals surface area contributed by atoms with Gasteiger partial charge in [0, 0.05) is 6.54 Å². The maximum atomic E-state index is 5.97. The average molecular weight is 234 g/mol. The zero-order valence-electron chi connectivity index (χ0n) is 9.88. The second-order valence-corrected chi connectivity index (χ2v) is 4.76. The van der Waals surface area contributed by atoms with E-state index in [1.54, 1.807) is 12.5 Å². The summed E-state index contributed by atoms with van der Waals surface area (Å²) in [6, 6.07) is 0.440. The van der Waals surface area contributed by atoms with Crippen molar-refractivity contribution in [2.75, 3.05) is 23.8 Å². The summed E-state index contributed by atoms with van der Waals surface area (Å²) in [4.78, 5) is 10.6. The van der Waals surface area contributed by atoms with Gasteiger partial charge in [-0.2, -0.15) is 0 Å². The van der Waals surface area contributed by atoms with Crippen molar-refractivity contribution in [3.05, 3.63) is 12.5 Å². The first-order valence-corrected chi connectivity index (χ1v) is 6.30. The fraction of sp³-hybridized carbons (Fsp3) is 0.667. The number of ether oxygens (including phenoxy) is 1. The number of nitrogens with two attached hydrogens (primary N) is 1. The molecule has 1 saturated heterocycles. The summed E-state index contributed by atoms with van der Waals surface area (Å²) in [6.07, 6.45) is 8.47. The van der Waals surface area contributed by atoms with E-state index < -0.39 is 0 Å². The fourth-order valence-electron chi connectivity index (χ4n) is 2.93. The van der Waals surface area contributed by atoms with Gasteiger partial charge in [0.2, 0.25) is 0 Å². The summed E-state index contributed by atoms with van der Waals surface area (Å²) in [6.45, 7) is 1.65. The summed E-state index contributed by atoms with van der Waals surface area (Å²) < 4.78 is 5.85. The van der Waals surface area contributed by atoms with Crippen LogP contribution in [0, 0.1) is 0 Å². The van der Waals surface area contributed by atoms with Crippen LogP contribution in [-0.2, 0) is 4.74 Å². The van der Waals surface area contributed by atoms with Crippen molar-refractivity contribution in [2.24, 2.45) is 0 Å². The summed E-state index contributed by atoms with van der Waals surface area (Å²) in [7, 11) is 0. The monoisotopic (exact) mass is 234 g/mol. The molecule has 3 rings (SSSR count). The van der Waals surface area contributed by atoms with Gasteiger partial charge in [-0.3, -0.25) is 0 Å². The molecule has 2 heterocycles. The van der Waals surface area contributed by atoms with Crippen LogP contribution >= 0.6 is 0 Å². The summed E-state index contributed by atoms with van der Waals surface area (Å²) in [5, 5.41) is 0. The largest absolute Gasteiger partial charge is 0.394 e. The molecule has 1 saturated carbocycles. The van der Waals surface area contributed by atoms with Crippen molar-refractivity contribution in [1.29, 1.82) is 0 Å². The van der Waals surface area contributed by atoms with E-state index in [1.165, 1.54) is 19.3 Å². The number of fused-ring (bicyclic) bond motifs is 1. The first kappa shape index (κ1) is 10.8. The zero-order chi connectivity index (χ0) is 11.7. The molecule has 2 N–H and O–H groups in total. The summed E-state index contributed by atoms with van der Waals surface area (Å²) in [5.41, 5.74) is 6.63. The topological polar surface area (TPSA) is 64.3 Å². The molecule has 2 fully saturated rings. The van der Waals surface area contributed by atoms with Crippen LogP contribution in [0.25, 0.3) is 0 Å². The third kappa shape index (κ3) is 1.95. The van der Waals surface area contributed by atoms with Gasteiger partial charge in [0.05, 0.1) is 30.6 Å². The number of rotatable bonds is 1. The second kappa shape index (κ2) is 4.49. The van der Waals surface area contributed by atoms with Gasteiger partial charge in [-0.15, -0.1) is 0 Å². The SMILES string of the molecule is Nc1cncnc1N1CCOC2CCCCC21. The molecule has 0 bridgehead atoms. The predicted molar refractivity (Wildman–Crippen MR) is 65.8 cm³/mol. The summed E-state index contributed by atoms with van der Waals surface area (Å²) in [5.74, 6) is 0.875. The van der Waals surface area contributed by atoms with Gasteiger partial charge >= 0.3 is 0 Å². The Morgan fingerprint density at radius 3 is 3.12 bits per heavy atom. The first-order valence-electron chi connectivity index (χ1n) is 6.30. The molecule has 0 aromatic carbocycles. The Labute approximate surface area is 101 Å². The lowest BCUT2D eigenvalue weighted by Gasteiger charge is -2.44. The van der Waals surface area contributed by atoms with E-state index in [2.05, 4.69) is 14.9 Å². The van der Waals surface area contributed by atoms with E-state index in [1.807, 2.05) is 0 Å². The van der Waals surface area contributed by atoms with Crippen LogP contribution in [0.2, 0.25) is 0 Å². The van der Waals surface area contributed by atoms with Crippen LogP contribution < -0.4 is 10.6 Å². The third-order valence-electron chi connectivity index (χ3n) is 3.72. The highest BCUT2D eigenvalue weighted by molar-refractivity contribution is 5.61. The van der Waals surface area contributed by atoms with E-state index in [0.29, 0.717) is 17.8 Å². The van der Waals surface area contributed by atoms with Gasteiger partial charge < -0.3 is 15.4 Å². The first-order chi connectivity index (χ1) is 8.36. The molecule has 1 aromatic rings. The van der Waals surface area contributed by atoms with E-state index in [9.17, 15) is 0 Å². The summed E-state index contributed by atoms with van der Waals surface area (Å²) >= 11 is 0. The van der Waals surface area contributed by atoms with Crippen LogP contribution in [0.15, 0.2) is 12.5 Å². The van der Waals surface area contributed by atoms with Crippen molar-refractivity contribution in [1.82, 2.24) is 9.97 Å². The number of hydrogen-bond donors (Lipinski definition) is 1.